The van der Waals surface area contributed by atoms with E-state index in [1.54, 1.807) is 0 Å². The number of rotatable bonds is 4. The number of carbonyl (C=O) groups excluding carboxylic acids is 1. The van der Waals surface area contributed by atoms with E-state index < -0.39 is 0 Å². The van der Waals surface area contributed by atoms with Crippen LogP contribution < -0.4 is 10.2 Å². The molecule has 2 aromatic rings. The number of fused-ring (bicyclic) bond motifs is 4. The first kappa shape index (κ1) is 18.3. The molecule has 1 aromatic heterocycles. The molecule has 4 fully saturated rings. The summed E-state index contributed by atoms with van der Waals surface area (Å²) in [5.41, 5.74) is 1.83. The van der Waals surface area contributed by atoms with E-state index in [1.165, 1.54) is 49.6 Å². The lowest BCUT2D eigenvalue weighted by atomic mass is 9.84. The average molecular weight is 400 g/mol. The van der Waals surface area contributed by atoms with Crippen molar-refractivity contribution in [2.45, 2.75) is 31.3 Å². The number of hydrogen-bond donors (Lipinski definition) is 1. The van der Waals surface area contributed by atoms with Crippen LogP contribution in [0.3, 0.4) is 0 Å². The number of hydrogen-bond acceptors (Lipinski definition) is 6. The smallest absolute Gasteiger partial charge is 0.271 e. The molecule has 2 atom stereocenters. The molecule has 4 aliphatic heterocycles. The van der Waals surface area contributed by atoms with Crippen LogP contribution in [-0.2, 0) is 0 Å². The van der Waals surface area contributed by atoms with Gasteiger partial charge in [0.2, 0.25) is 0 Å². The third-order valence-corrected chi connectivity index (χ3v) is 7.71. The number of anilines is 1. The van der Waals surface area contributed by atoms with Crippen molar-refractivity contribution in [3.63, 3.8) is 0 Å². The summed E-state index contributed by atoms with van der Waals surface area (Å²) in [5.74, 6) is 0.622. The second kappa shape index (κ2) is 7.28. The monoisotopic (exact) mass is 399 g/mol. The molecule has 1 unspecified atom stereocenters. The van der Waals surface area contributed by atoms with Crippen LogP contribution in [0.1, 0.15) is 29.8 Å². The van der Waals surface area contributed by atoms with E-state index in [-0.39, 0.29) is 11.9 Å². The molecule has 5 heterocycles. The minimum Gasteiger partial charge on any atom is -0.370 e. The normalized spacial score (nSPS) is 29.8. The molecular weight excluding hydrogens is 370 g/mol. The van der Waals surface area contributed by atoms with Crippen molar-refractivity contribution >= 4 is 33.2 Å². The Bertz CT molecular complexity index is 873. The lowest BCUT2D eigenvalue weighted by Crippen LogP contribution is -2.57. The molecule has 0 saturated carbocycles. The quantitative estimate of drug-likeness (QED) is 0.855. The number of aromatic nitrogens is 1. The summed E-state index contributed by atoms with van der Waals surface area (Å²) in [6.45, 7) is 5.50. The van der Waals surface area contributed by atoms with E-state index in [0.29, 0.717) is 17.7 Å². The van der Waals surface area contributed by atoms with Gasteiger partial charge in [-0.3, -0.25) is 4.79 Å². The number of benzene rings is 1. The van der Waals surface area contributed by atoms with Gasteiger partial charge in [0.05, 0.1) is 4.70 Å². The van der Waals surface area contributed by atoms with Gasteiger partial charge in [-0.2, -0.15) is 4.37 Å². The maximum atomic E-state index is 12.9. The molecule has 7 heteroatoms. The Morgan fingerprint density at radius 2 is 2.00 bits per heavy atom. The first-order valence-electron chi connectivity index (χ1n) is 10.4. The maximum absolute atomic E-state index is 12.9. The highest BCUT2D eigenvalue weighted by Gasteiger charge is 2.35. The number of likely N-dealkylation sites (N-methyl/N-ethyl adjacent to an activating group) is 1. The van der Waals surface area contributed by atoms with Gasteiger partial charge in [-0.15, -0.1) is 0 Å². The van der Waals surface area contributed by atoms with Gasteiger partial charge in [0, 0.05) is 42.8 Å². The summed E-state index contributed by atoms with van der Waals surface area (Å²) in [6.07, 6.45) is 3.60. The molecule has 150 valence electrons. The molecule has 4 aliphatic rings. The number of carbonyl (C=O) groups is 1. The Labute approximate surface area is 170 Å². The van der Waals surface area contributed by atoms with Crippen molar-refractivity contribution in [3.05, 3.63) is 23.9 Å². The Hall–Kier alpha value is -1.70. The number of nitrogens with one attached hydrogen (secondary N) is 1. The van der Waals surface area contributed by atoms with Crippen molar-refractivity contribution in [2.75, 3.05) is 51.7 Å². The molecule has 2 bridgehead atoms. The topological polar surface area (TPSA) is 51.7 Å². The largest absolute Gasteiger partial charge is 0.370 e. The molecule has 0 spiro atoms. The predicted molar refractivity (Wildman–Crippen MR) is 114 cm³/mol. The number of piperidine rings is 3. The van der Waals surface area contributed by atoms with Gasteiger partial charge >= 0.3 is 0 Å². The summed E-state index contributed by atoms with van der Waals surface area (Å²) in [6, 6.07) is 7.33. The summed E-state index contributed by atoms with van der Waals surface area (Å²) < 4.78 is 5.62. The zero-order chi connectivity index (χ0) is 19.3. The van der Waals surface area contributed by atoms with E-state index in [9.17, 15) is 4.79 Å². The second-order valence-electron chi connectivity index (χ2n) is 8.78. The molecule has 6 nitrogen and oxygen atoms in total. The van der Waals surface area contributed by atoms with E-state index in [0.717, 1.165) is 29.7 Å². The van der Waals surface area contributed by atoms with Gasteiger partial charge in [-0.05, 0) is 82.1 Å². The van der Waals surface area contributed by atoms with Crippen LogP contribution in [0.4, 0.5) is 5.69 Å². The minimum absolute atomic E-state index is 0.00778. The summed E-state index contributed by atoms with van der Waals surface area (Å²) >= 11 is 1.44. The van der Waals surface area contributed by atoms with E-state index in [4.69, 9.17) is 0 Å². The van der Waals surface area contributed by atoms with Gasteiger partial charge in [-0.1, -0.05) is 0 Å². The lowest BCUT2D eigenvalue weighted by molar-refractivity contribution is 0.0619. The van der Waals surface area contributed by atoms with Crippen LogP contribution in [0, 0.1) is 5.92 Å². The highest BCUT2D eigenvalue weighted by Crippen LogP contribution is 2.31. The van der Waals surface area contributed by atoms with Crippen LogP contribution in [0.5, 0.6) is 0 Å². The van der Waals surface area contributed by atoms with Gasteiger partial charge in [0.1, 0.15) is 5.69 Å². The molecule has 4 saturated heterocycles. The second-order valence-corrected chi connectivity index (χ2v) is 9.59. The molecule has 6 rings (SSSR count). The zero-order valence-corrected chi connectivity index (χ0v) is 17.5. The van der Waals surface area contributed by atoms with Gasteiger partial charge < -0.3 is 20.0 Å². The molecule has 28 heavy (non-hydrogen) atoms. The van der Waals surface area contributed by atoms with Crippen LogP contribution in [-0.4, -0.2) is 79.0 Å². The summed E-state index contributed by atoms with van der Waals surface area (Å²) in [5, 5.41) is 4.26. The lowest BCUT2D eigenvalue weighted by Gasteiger charge is -2.44. The summed E-state index contributed by atoms with van der Waals surface area (Å²) in [7, 11) is 4.31. The van der Waals surface area contributed by atoms with Gasteiger partial charge in [0.15, 0.2) is 0 Å². The Balaban J connectivity index is 1.32. The predicted octanol–water partition coefficient (Wildman–Crippen LogP) is 2.26. The standard InChI is InChI=1S/C21H29N5OS/c1-24(2)16-7-10-26(12-16)15-3-4-17-19(11-15)28-23-20(17)21(27)22-18-13-25-8-5-14(18)6-9-25/h3-4,11,14,16,18H,5-10,12-13H2,1-2H3,(H,22,27)/t16?,18-/m0/s1. The Kier molecular flexibility index (Phi) is 4.77. The molecular formula is C21H29N5OS. The minimum atomic E-state index is -0.00778. The SMILES string of the molecule is CN(C)C1CCN(c2ccc3c(C(=O)N[C@H]4CN5CCC4CC5)nsc3c2)C1. The van der Waals surface area contributed by atoms with E-state index >= 15 is 0 Å². The average Bonchev–Trinajstić information content (AvgIpc) is 3.36. The van der Waals surface area contributed by atoms with Crippen molar-refractivity contribution in [1.82, 2.24) is 19.5 Å². The van der Waals surface area contributed by atoms with Crippen molar-refractivity contribution in [1.29, 1.82) is 0 Å². The highest BCUT2D eigenvalue weighted by molar-refractivity contribution is 7.13. The fourth-order valence-electron chi connectivity index (χ4n) is 5.05. The fourth-order valence-corrected chi connectivity index (χ4v) is 5.86. The maximum Gasteiger partial charge on any atom is 0.271 e. The zero-order valence-electron chi connectivity index (χ0n) is 16.7. The molecule has 1 N–H and O–H groups in total. The van der Waals surface area contributed by atoms with E-state index in [2.05, 4.69) is 56.7 Å². The van der Waals surface area contributed by atoms with Crippen LogP contribution in [0.25, 0.3) is 10.1 Å². The number of amides is 1. The van der Waals surface area contributed by atoms with Crippen molar-refractivity contribution in [2.24, 2.45) is 5.92 Å². The van der Waals surface area contributed by atoms with Crippen molar-refractivity contribution in [3.8, 4) is 0 Å². The number of nitrogens with zero attached hydrogens (tertiary/aromatic N) is 4. The highest BCUT2D eigenvalue weighted by atomic mass is 32.1. The van der Waals surface area contributed by atoms with E-state index in [1.807, 2.05) is 0 Å². The molecule has 1 aromatic carbocycles. The third kappa shape index (κ3) is 3.29. The van der Waals surface area contributed by atoms with Gasteiger partial charge in [0.25, 0.3) is 5.91 Å². The van der Waals surface area contributed by atoms with Crippen LogP contribution in [0.15, 0.2) is 18.2 Å². The fraction of sp³-hybridized carbons (Fsp3) is 0.619. The van der Waals surface area contributed by atoms with Crippen molar-refractivity contribution < 1.29 is 4.79 Å². The Morgan fingerprint density at radius 1 is 1.18 bits per heavy atom. The Morgan fingerprint density at radius 3 is 2.68 bits per heavy atom. The summed E-state index contributed by atoms with van der Waals surface area (Å²) in [4.78, 5) is 20.1. The first-order valence-corrected chi connectivity index (χ1v) is 11.2. The van der Waals surface area contributed by atoms with Gasteiger partial charge in [-0.25, -0.2) is 0 Å². The molecule has 0 aliphatic carbocycles. The third-order valence-electron chi connectivity index (χ3n) is 6.90. The molecule has 1 amide bonds. The van der Waals surface area contributed by atoms with Crippen LogP contribution >= 0.6 is 11.5 Å². The molecule has 0 radical (unpaired) electrons. The first-order chi connectivity index (χ1) is 13.6. The van der Waals surface area contributed by atoms with Crippen LogP contribution in [0.2, 0.25) is 0 Å².